The summed E-state index contributed by atoms with van der Waals surface area (Å²) in [5.41, 5.74) is -0.123. The Bertz CT molecular complexity index is 268. The maximum Gasteiger partial charge on any atom is 0.305 e. The Morgan fingerprint density at radius 2 is 2.12 bits per heavy atom. The van der Waals surface area contributed by atoms with Gasteiger partial charge in [0.2, 0.25) is 0 Å². The molecule has 1 aliphatic heterocycles. The van der Waals surface area contributed by atoms with E-state index in [-0.39, 0.29) is 12.0 Å². The molecule has 4 heteroatoms. The maximum atomic E-state index is 11.1. The molecule has 17 heavy (non-hydrogen) atoms. The first kappa shape index (κ1) is 12.8. The van der Waals surface area contributed by atoms with Gasteiger partial charge >= 0.3 is 5.97 Å². The Balaban J connectivity index is 2.09. The molecule has 1 N–H and O–H groups in total. The molecule has 0 bridgehead atoms. The third kappa shape index (κ3) is 2.80. The van der Waals surface area contributed by atoms with Crippen LogP contribution >= 0.6 is 0 Å². The van der Waals surface area contributed by atoms with Gasteiger partial charge in [0, 0.05) is 18.2 Å². The molecule has 1 atom stereocenters. The van der Waals surface area contributed by atoms with E-state index in [1.807, 2.05) is 0 Å². The molecule has 0 radical (unpaired) electrons. The molecular weight excluding hydrogens is 218 g/mol. The Morgan fingerprint density at radius 1 is 1.41 bits per heavy atom. The average molecular weight is 241 g/mol. The Hall–Kier alpha value is -0.610. The van der Waals surface area contributed by atoms with E-state index >= 15 is 0 Å². The number of likely N-dealkylation sites (N-methyl/N-ethyl adjacent to an activating group) is 1. The fraction of sp³-hybridized carbons (Fsp3) is 0.923. The fourth-order valence-corrected chi connectivity index (χ4v) is 3.36. The lowest BCUT2D eigenvalue weighted by molar-refractivity contribution is -0.141. The molecule has 1 aliphatic carbocycles. The highest BCUT2D eigenvalue weighted by atomic mass is 16.5. The van der Waals surface area contributed by atoms with Crippen molar-refractivity contribution in [1.29, 1.82) is 0 Å². The highest BCUT2D eigenvalue weighted by molar-refractivity contribution is 5.68. The SMILES string of the molecule is CN(C1CCOC1)C1(CC(=O)O)CCCCC1. The number of hydrogen-bond acceptors (Lipinski definition) is 3. The van der Waals surface area contributed by atoms with Crippen molar-refractivity contribution in [3.63, 3.8) is 0 Å². The third-order valence-electron chi connectivity index (χ3n) is 4.47. The first-order valence-corrected chi connectivity index (χ1v) is 6.66. The van der Waals surface area contributed by atoms with Gasteiger partial charge < -0.3 is 9.84 Å². The Kier molecular flexibility index (Phi) is 4.05. The van der Waals surface area contributed by atoms with E-state index in [1.165, 1.54) is 6.42 Å². The standard InChI is InChI=1S/C13H23NO3/c1-14(11-5-8-17-10-11)13(9-12(15)16)6-3-2-4-7-13/h11H,2-10H2,1H3,(H,15,16). The second-order valence-electron chi connectivity index (χ2n) is 5.48. The smallest absolute Gasteiger partial charge is 0.305 e. The zero-order valence-corrected chi connectivity index (χ0v) is 10.7. The minimum Gasteiger partial charge on any atom is -0.481 e. The predicted octanol–water partition coefficient (Wildman–Crippen LogP) is 1.88. The van der Waals surface area contributed by atoms with Crippen LogP contribution in [0.25, 0.3) is 0 Å². The van der Waals surface area contributed by atoms with Crippen molar-refractivity contribution in [3.05, 3.63) is 0 Å². The predicted molar refractivity (Wildman–Crippen MR) is 65.1 cm³/mol. The van der Waals surface area contributed by atoms with Crippen LogP contribution < -0.4 is 0 Å². The lowest BCUT2D eigenvalue weighted by Gasteiger charge is -2.46. The molecule has 2 fully saturated rings. The van der Waals surface area contributed by atoms with Crippen molar-refractivity contribution in [2.24, 2.45) is 0 Å². The normalized spacial score (nSPS) is 28.5. The lowest BCUT2D eigenvalue weighted by atomic mass is 9.77. The number of carboxylic acids is 1. The van der Waals surface area contributed by atoms with E-state index in [0.717, 1.165) is 45.3 Å². The number of carboxylic acid groups (broad SMARTS) is 1. The molecule has 2 aliphatic rings. The van der Waals surface area contributed by atoms with Gasteiger partial charge in [0.1, 0.15) is 0 Å². The molecule has 0 amide bonds. The average Bonchev–Trinajstić information content (AvgIpc) is 2.81. The molecule has 1 heterocycles. The third-order valence-corrected chi connectivity index (χ3v) is 4.47. The Morgan fingerprint density at radius 3 is 2.65 bits per heavy atom. The fourth-order valence-electron chi connectivity index (χ4n) is 3.36. The van der Waals surface area contributed by atoms with E-state index in [1.54, 1.807) is 0 Å². The first-order chi connectivity index (χ1) is 8.14. The number of ether oxygens (including phenoxy) is 1. The summed E-state index contributed by atoms with van der Waals surface area (Å²) in [7, 11) is 2.09. The molecule has 0 aromatic heterocycles. The highest BCUT2D eigenvalue weighted by Crippen LogP contribution is 2.38. The molecule has 0 aromatic carbocycles. The van der Waals surface area contributed by atoms with Gasteiger partial charge in [-0.1, -0.05) is 19.3 Å². The van der Waals surface area contributed by atoms with Crippen molar-refractivity contribution in [1.82, 2.24) is 4.90 Å². The van der Waals surface area contributed by atoms with E-state index in [4.69, 9.17) is 9.84 Å². The second-order valence-corrected chi connectivity index (χ2v) is 5.48. The largest absolute Gasteiger partial charge is 0.481 e. The summed E-state index contributed by atoms with van der Waals surface area (Å²) in [6, 6.07) is 0.410. The van der Waals surface area contributed by atoms with Crippen molar-refractivity contribution in [3.8, 4) is 0 Å². The molecule has 4 nitrogen and oxygen atoms in total. The van der Waals surface area contributed by atoms with Crippen LogP contribution in [-0.4, -0.2) is 47.8 Å². The van der Waals surface area contributed by atoms with Crippen molar-refractivity contribution in [2.45, 2.75) is 56.5 Å². The van der Waals surface area contributed by atoms with Crippen LogP contribution in [0.5, 0.6) is 0 Å². The molecule has 0 aromatic rings. The van der Waals surface area contributed by atoms with E-state index in [0.29, 0.717) is 6.04 Å². The van der Waals surface area contributed by atoms with Gasteiger partial charge in [-0.15, -0.1) is 0 Å². The van der Waals surface area contributed by atoms with E-state index < -0.39 is 5.97 Å². The van der Waals surface area contributed by atoms with Gasteiger partial charge in [0.05, 0.1) is 13.0 Å². The summed E-state index contributed by atoms with van der Waals surface area (Å²) in [6.45, 7) is 1.58. The zero-order valence-electron chi connectivity index (χ0n) is 10.7. The lowest BCUT2D eigenvalue weighted by Crippen LogP contribution is -2.54. The van der Waals surface area contributed by atoms with Crippen LogP contribution in [0.1, 0.15) is 44.9 Å². The topological polar surface area (TPSA) is 49.8 Å². The first-order valence-electron chi connectivity index (χ1n) is 6.66. The minimum absolute atomic E-state index is 0.123. The molecule has 2 rings (SSSR count). The van der Waals surface area contributed by atoms with Crippen molar-refractivity contribution >= 4 is 5.97 Å². The van der Waals surface area contributed by atoms with Gasteiger partial charge in [-0.3, -0.25) is 9.69 Å². The molecule has 0 spiro atoms. The van der Waals surface area contributed by atoms with Crippen LogP contribution in [0.3, 0.4) is 0 Å². The summed E-state index contributed by atoms with van der Waals surface area (Å²) < 4.78 is 5.43. The Labute approximate surface area is 103 Å². The maximum absolute atomic E-state index is 11.1. The van der Waals surface area contributed by atoms with E-state index in [9.17, 15) is 4.79 Å². The monoisotopic (exact) mass is 241 g/mol. The van der Waals surface area contributed by atoms with Crippen LogP contribution in [0.4, 0.5) is 0 Å². The molecular formula is C13H23NO3. The number of hydrogen-bond donors (Lipinski definition) is 1. The van der Waals surface area contributed by atoms with Crippen LogP contribution in [-0.2, 0) is 9.53 Å². The number of aliphatic carboxylic acids is 1. The summed E-state index contributed by atoms with van der Waals surface area (Å²) in [5.74, 6) is -0.669. The molecule has 98 valence electrons. The molecule has 1 saturated heterocycles. The summed E-state index contributed by atoms with van der Waals surface area (Å²) in [6.07, 6.45) is 6.92. The summed E-state index contributed by atoms with van der Waals surface area (Å²) in [4.78, 5) is 13.4. The van der Waals surface area contributed by atoms with Gasteiger partial charge in [-0.05, 0) is 26.3 Å². The van der Waals surface area contributed by atoms with Crippen LogP contribution in [0, 0.1) is 0 Å². The number of nitrogens with zero attached hydrogens (tertiary/aromatic N) is 1. The van der Waals surface area contributed by atoms with Crippen LogP contribution in [0.15, 0.2) is 0 Å². The van der Waals surface area contributed by atoms with Crippen LogP contribution in [0.2, 0.25) is 0 Å². The highest BCUT2D eigenvalue weighted by Gasteiger charge is 2.41. The number of rotatable bonds is 4. The van der Waals surface area contributed by atoms with E-state index in [2.05, 4.69) is 11.9 Å². The van der Waals surface area contributed by atoms with Gasteiger partial charge in [0.25, 0.3) is 0 Å². The summed E-state index contributed by atoms with van der Waals surface area (Å²) >= 11 is 0. The number of carbonyl (C=O) groups is 1. The second kappa shape index (κ2) is 5.36. The quantitative estimate of drug-likeness (QED) is 0.816. The minimum atomic E-state index is -0.669. The van der Waals surface area contributed by atoms with Gasteiger partial charge in [-0.2, -0.15) is 0 Å². The van der Waals surface area contributed by atoms with Gasteiger partial charge in [0.15, 0.2) is 0 Å². The van der Waals surface area contributed by atoms with Crippen molar-refractivity contribution in [2.75, 3.05) is 20.3 Å². The summed E-state index contributed by atoms with van der Waals surface area (Å²) in [5, 5.41) is 9.16. The molecule has 1 unspecified atom stereocenters. The molecule has 1 saturated carbocycles. The van der Waals surface area contributed by atoms with Gasteiger partial charge in [-0.25, -0.2) is 0 Å². The zero-order chi connectivity index (χ0) is 12.3. The van der Waals surface area contributed by atoms with Crippen molar-refractivity contribution < 1.29 is 14.6 Å².